The van der Waals surface area contributed by atoms with E-state index in [0.717, 1.165) is 8.66 Å². The van der Waals surface area contributed by atoms with Gasteiger partial charge in [-0.05, 0) is 58.4 Å². The van der Waals surface area contributed by atoms with Gasteiger partial charge in [0.25, 0.3) is 0 Å². The van der Waals surface area contributed by atoms with Crippen LogP contribution in [0.3, 0.4) is 0 Å². The molecule has 0 amide bonds. The summed E-state index contributed by atoms with van der Waals surface area (Å²) >= 11 is 4.84. The molecule has 0 saturated carbocycles. The molecule has 1 aromatic carbocycles. The molecule has 0 bridgehead atoms. The molecule has 114 valence electrons. The zero-order valence-electron chi connectivity index (χ0n) is 11.7. The Morgan fingerprint density at radius 1 is 1.18 bits per heavy atom. The van der Waals surface area contributed by atoms with Crippen molar-refractivity contribution in [3.05, 3.63) is 56.7 Å². The van der Waals surface area contributed by atoms with Crippen molar-refractivity contribution >= 4 is 45.1 Å². The number of ether oxygens (including phenoxy) is 2. The molecule has 6 heteroatoms. The minimum Gasteiger partial charge on any atom is -0.497 e. The average Bonchev–Trinajstić information content (AvgIpc) is 2.96. The Hall–Kier alpha value is -1.92. The Labute approximate surface area is 140 Å². The van der Waals surface area contributed by atoms with Gasteiger partial charge >= 0.3 is 5.97 Å². The number of Topliss-reactive ketones (excluding diaryl/α,β-unsaturated/α-hetero) is 1. The first kappa shape index (κ1) is 16.5. The van der Waals surface area contributed by atoms with Crippen molar-refractivity contribution in [2.24, 2.45) is 0 Å². The maximum Gasteiger partial charge on any atom is 0.331 e. The third kappa shape index (κ3) is 4.82. The average molecular weight is 381 g/mol. The van der Waals surface area contributed by atoms with Gasteiger partial charge in [-0.1, -0.05) is 0 Å². The van der Waals surface area contributed by atoms with Gasteiger partial charge in [-0.25, -0.2) is 4.79 Å². The second-order valence-corrected chi connectivity index (χ2v) is 6.73. The molecule has 1 aromatic heterocycles. The molecule has 4 nitrogen and oxygen atoms in total. The summed E-state index contributed by atoms with van der Waals surface area (Å²) in [5.74, 6) is -0.145. The minimum absolute atomic E-state index is 0.261. The van der Waals surface area contributed by atoms with Gasteiger partial charge in [0.1, 0.15) is 5.75 Å². The molecule has 0 aliphatic heterocycles. The van der Waals surface area contributed by atoms with Crippen molar-refractivity contribution < 1.29 is 19.1 Å². The Kier molecular flexibility index (Phi) is 5.91. The highest BCUT2D eigenvalue weighted by molar-refractivity contribution is 9.11. The normalized spacial score (nSPS) is 10.6. The van der Waals surface area contributed by atoms with Crippen LogP contribution in [0.15, 0.2) is 46.3 Å². The molecule has 1 heterocycles. The van der Waals surface area contributed by atoms with E-state index in [1.807, 2.05) is 12.1 Å². The molecule has 0 saturated heterocycles. The third-order valence-corrected chi connectivity index (χ3v) is 4.32. The van der Waals surface area contributed by atoms with Crippen LogP contribution in [0.4, 0.5) is 0 Å². The Bertz CT molecular complexity index is 688. The van der Waals surface area contributed by atoms with Gasteiger partial charge in [-0.2, -0.15) is 0 Å². The highest BCUT2D eigenvalue weighted by Gasteiger charge is 2.08. The van der Waals surface area contributed by atoms with Crippen molar-refractivity contribution in [1.82, 2.24) is 0 Å². The van der Waals surface area contributed by atoms with Gasteiger partial charge < -0.3 is 9.47 Å². The zero-order valence-corrected chi connectivity index (χ0v) is 14.1. The van der Waals surface area contributed by atoms with E-state index >= 15 is 0 Å². The molecule has 0 aliphatic carbocycles. The molecule has 2 rings (SSSR count). The Morgan fingerprint density at radius 2 is 1.91 bits per heavy atom. The molecule has 0 aliphatic rings. The number of thiophene rings is 1. The number of ketones is 1. The first-order chi connectivity index (χ1) is 10.6. The quantitative estimate of drug-likeness (QED) is 0.432. The Balaban J connectivity index is 1.84. The number of hydrogen-bond acceptors (Lipinski definition) is 5. The fraction of sp³-hybridized carbons (Fsp3) is 0.125. The van der Waals surface area contributed by atoms with Crippen LogP contribution in [0.1, 0.15) is 15.2 Å². The summed E-state index contributed by atoms with van der Waals surface area (Å²) in [5, 5.41) is 0. The van der Waals surface area contributed by atoms with Gasteiger partial charge in [0.2, 0.25) is 0 Å². The van der Waals surface area contributed by atoms with E-state index < -0.39 is 5.97 Å². The largest absolute Gasteiger partial charge is 0.497 e. The summed E-state index contributed by atoms with van der Waals surface area (Å²) in [4.78, 5) is 24.4. The summed E-state index contributed by atoms with van der Waals surface area (Å²) in [7, 11) is 1.55. The third-order valence-electron chi connectivity index (χ3n) is 2.74. The van der Waals surface area contributed by atoms with Gasteiger partial charge in [0, 0.05) is 16.5 Å². The maximum atomic E-state index is 11.9. The van der Waals surface area contributed by atoms with E-state index in [4.69, 9.17) is 9.47 Å². The van der Waals surface area contributed by atoms with Gasteiger partial charge in [-0.15, -0.1) is 11.3 Å². The lowest BCUT2D eigenvalue weighted by Gasteiger charge is -2.03. The number of methoxy groups -OCH3 is 1. The van der Waals surface area contributed by atoms with Crippen LogP contribution in [-0.4, -0.2) is 25.5 Å². The lowest BCUT2D eigenvalue weighted by Crippen LogP contribution is -2.12. The topological polar surface area (TPSA) is 52.6 Å². The van der Waals surface area contributed by atoms with Crippen LogP contribution in [0.25, 0.3) is 6.08 Å². The number of carbonyl (C=O) groups is 2. The van der Waals surface area contributed by atoms with Crippen molar-refractivity contribution in [2.45, 2.75) is 0 Å². The number of hydrogen-bond donors (Lipinski definition) is 0. The van der Waals surface area contributed by atoms with Crippen molar-refractivity contribution in [3.8, 4) is 5.75 Å². The summed E-state index contributed by atoms with van der Waals surface area (Å²) in [6.07, 6.45) is 2.95. The van der Waals surface area contributed by atoms with Crippen LogP contribution in [0.2, 0.25) is 0 Å². The van der Waals surface area contributed by atoms with Crippen molar-refractivity contribution in [3.63, 3.8) is 0 Å². The molecule has 0 radical (unpaired) electrons. The molecule has 2 aromatic rings. The van der Waals surface area contributed by atoms with Crippen LogP contribution in [0.5, 0.6) is 5.75 Å². The van der Waals surface area contributed by atoms with Crippen molar-refractivity contribution in [2.75, 3.05) is 13.7 Å². The predicted molar refractivity (Wildman–Crippen MR) is 89.3 cm³/mol. The highest BCUT2D eigenvalue weighted by atomic mass is 79.9. The van der Waals surface area contributed by atoms with Gasteiger partial charge in [0.05, 0.1) is 10.9 Å². The van der Waals surface area contributed by atoms with E-state index in [2.05, 4.69) is 15.9 Å². The second-order valence-electron chi connectivity index (χ2n) is 4.23. The lowest BCUT2D eigenvalue weighted by molar-refractivity contribution is -0.136. The molecule has 0 spiro atoms. The zero-order chi connectivity index (χ0) is 15.9. The van der Waals surface area contributed by atoms with Crippen LogP contribution in [0, 0.1) is 0 Å². The molecule has 0 N–H and O–H groups in total. The summed E-state index contributed by atoms with van der Waals surface area (Å²) in [6.45, 7) is -0.288. The molecule has 0 atom stereocenters. The number of rotatable bonds is 6. The monoisotopic (exact) mass is 380 g/mol. The standard InChI is InChI=1S/C16H13BrO4S/c1-20-12-4-2-11(3-5-12)14(18)10-21-16(19)9-7-13-6-8-15(17)22-13/h2-9H,10H2,1H3/b9-7+. The summed E-state index contributed by atoms with van der Waals surface area (Å²) < 4.78 is 10.9. The predicted octanol–water partition coefficient (Wildman–Crippen LogP) is 3.96. The molecular formula is C16H13BrO4S. The fourth-order valence-electron chi connectivity index (χ4n) is 1.61. The molecule has 0 fully saturated rings. The fourth-order valence-corrected chi connectivity index (χ4v) is 2.94. The number of halogens is 1. The number of carbonyl (C=O) groups excluding carboxylic acids is 2. The molecular weight excluding hydrogens is 368 g/mol. The molecule has 22 heavy (non-hydrogen) atoms. The van der Waals surface area contributed by atoms with E-state index in [0.29, 0.717) is 11.3 Å². The second kappa shape index (κ2) is 7.91. The van der Waals surface area contributed by atoms with E-state index in [9.17, 15) is 9.59 Å². The van der Waals surface area contributed by atoms with Crippen LogP contribution in [-0.2, 0) is 9.53 Å². The van der Waals surface area contributed by atoms with Gasteiger partial charge in [-0.3, -0.25) is 4.79 Å². The van der Waals surface area contributed by atoms with Crippen molar-refractivity contribution in [1.29, 1.82) is 0 Å². The summed E-state index contributed by atoms with van der Waals surface area (Å²) in [5.41, 5.74) is 0.472. The SMILES string of the molecule is COc1ccc(C(=O)COC(=O)/C=C/c2ccc(Br)s2)cc1. The summed E-state index contributed by atoms with van der Waals surface area (Å²) in [6, 6.07) is 10.4. The first-order valence-electron chi connectivity index (χ1n) is 6.36. The van der Waals surface area contributed by atoms with Crippen LogP contribution >= 0.6 is 27.3 Å². The maximum absolute atomic E-state index is 11.9. The smallest absolute Gasteiger partial charge is 0.331 e. The number of benzene rings is 1. The van der Waals surface area contributed by atoms with Gasteiger partial charge in [0.15, 0.2) is 12.4 Å². The first-order valence-corrected chi connectivity index (χ1v) is 7.97. The minimum atomic E-state index is -0.550. The number of esters is 1. The van der Waals surface area contributed by atoms with E-state index in [1.165, 1.54) is 17.4 Å². The molecule has 0 unspecified atom stereocenters. The highest BCUT2D eigenvalue weighted by Crippen LogP contribution is 2.22. The lowest BCUT2D eigenvalue weighted by atomic mass is 10.1. The van der Waals surface area contributed by atoms with Crippen LogP contribution < -0.4 is 4.74 Å². The van der Waals surface area contributed by atoms with E-state index in [1.54, 1.807) is 37.5 Å². The van der Waals surface area contributed by atoms with E-state index in [-0.39, 0.29) is 12.4 Å². The Morgan fingerprint density at radius 3 is 2.50 bits per heavy atom.